The molecule has 0 radical (unpaired) electrons. The normalized spacial score (nSPS) is 15.3. The number of hydrogen-bond donors (Lipinski definition) is 2. The van der Waals surface area contributed by atoms with Gasteiger partial charge >= 0.3 is 0 Å². The van der Waals surface area contributed by atoms with Gasteiger partial charge < -0.3 is 0 Å². The van der Waals surface area contributed by atoms with Crippen molar-refractivity contribution in [2.24, 2.45) is 5.92 Å². The first kappa shape index (κ1) is 10.7. The molecule has 0 saturated heterocycles. The van der Waals surface area contributed by atoms with Crippen molar-refractivity contribution in [2.75, 3.05) is 0 Å². The third-order valence-electron chi connectivity index (χ3n) is 1.52. The average Bonchev–Trinajstić information content (AvgIpc) is 1.59. The summed E-state index contributed by atoms with van der Waals surface area (Å²) in [4.78, 5) is 0. The van der Waals surface area contributed by atoms with Gasteiger partial charge in [0, 0.05) is 0 Å². The molecule has 10 heavy (non-hydrogen) atoms. The van der Waals surface area contributed by atoms with Gasteiger partial charge in [0.1, 0.15) is 0 Å². The molecule has 0 aromatic rings. The SMILES string of the molecule is CCCC(C)CC(C)(S)S. The van der Waals surface area contributed by atoms with Gasteiger partial charge in [0.25, 0.3) is 0 Å². The summed E-state index contributed by atoms with van der Waals surface area (Å²) in [6, 6.07) is 0. The maximum absolute atomic E-state index is 4.35. The van der Waals surface area contributed by atoms with Crippen molar-refractivity contribution in [3.05, 3.63) is 0 Å². The van der Waals surface area contributed by atoms with Gasteiger partial charge in [0.05, 0.1) is 4.08 Å². The lowest BCUT2D eigenvalue weighted by atomic mass is 10.0. The molecule has 0 amide bonds. The smallest absolute Gasteiger partial charge is 0.0526 e. The Hall–Kier alpha value is 0.700. The summed E-state index contributed by atoms with van der Waals surface area (Å²) in [6.07, 6.45) is 3.64. The Morgan fingerprint density at radius 1 is 1.40 bits per heavy atom. The topological polar surface area (TPSA) is 0 Å². The third kappa shape index (κ3) is 6.81. The first-order valence-electron chi connectivity index (χ1n) is 3.90. The van der Waals surface area contributed by atoms with Gasteiger partial charge in [-0.25, -0.2) is 0 Å². The highest BCUT2D eigenvalue weighted by Crippen LogP contribution is 2.28. The van der Waals surface area contributed by atoms with Crippen LogP contribution in [0.3, 0.4) is 0 Å². The Morgan fingerprint density at radius 3 is 2.20 bits per heavy atom. The van der Waals surface area contributed by atoms with E-state index in [4.69, 9.17) is 0 Å². The molecule has 1 atom stereocenters. The molecule has 0 aromatic heterocycles. The molecule has 0 aliphatic rings. The minimum Gasteiger partial charge on any atom is -0.162 e. The molecule has 0 aliphatic heterocycles. The molecule has 1 unspecified atom stereocenters. The van der Waals surface area contributed by atoms with Crippen LogP contribution in [0.1, 0.15) is 40.0 Å². The maximum Gasteiger partial charge on any atom is 0.0526 e. The Labute approximate surface area is 75.6 Å². The van der Waals surface area contributed by atoms with Crippen LogP contribution >= 0.6 is 25.3 Å². The Morgan fingerprint density at radius 2 is 1.90 bits per heavy atom. The second-order valence-electron chi connectivity index (χ2n) is 3.31. The zero-order valence-electron chi connectivity index (χ0n) is 7.09. The van der Waals surface area contributed by atoms with Crippen LogP contribution in [0.25, 0.3) is 0 Å². The van der Waals surface area contributed by atoms with Gasteiger partial charge in [-0.2, -0.15) is 25.3 Å². The van der Waals surface area contributed by atoms with E-state index < -0.39 is 0 Å². The zero-order chi connectivity index (χ0) is 8.20. The molecule has 0 bridgehead atoms. The molecule has 0 saturated carbocycles. The van der Waals surface area contributed by atoms with Crippen LogP contribution in [-0.4, -0.2) is 4.08 Å². The Bertz CT molecular complexity index is 83.7. The highest BCUT2D eigenvalue weighted by molar-refractivity contribution is 8.00. The van der Waals surface area contributed by atoms with E-state index in [9.17, 15) is 0 Å². The summed E-state index contributed by atoms with van der Waals surface area (Å²) >= 11 is 8.70. The van der Waals surface area contributed by atoms with E-state index in [2.05, 4.69) is 39.1 Å². The summed E-state index contributed by atoms with van der Waals surface area (Å²) in [5, 5.41) is 0. The van der Waals surface area contributed by atoms with E-state index in [1.807, 2.05) is 6.92 Å². The molecular formula is C8H18S2. The van der Waals surface area contributed by atoms with E-state index in [0.29, 0.717) is 0 Å². The molecule has 0 fully saturated rings. The Balaban J connectivity index is 3.47. The summed E-state index contributed by atoms with van der Waals surface area (Å²) in [5.74, 6) is 0.755. The van der Waals surface area contributed by atoms with E-state index in [-0.39, 0.29) is 4.08 Å². The number of hydrogen-bond acceptors (Lipinski definition) is 2. The molecule has 62 valence electrons. The molecule has 0 aromatic carbocycles. The minimum atomic E-state index is -0.0887. The third-order valence-corrected chi connectivity index (χ3v) is 1.88. The summed E-state index contributed by atoms with van der Waals surface area (Å²) in [6.45, 7) is 6.52. The molecule has 0 spiro atoms. The number of rotatable bonds is 4. The first-order chi connectivity index (χ1) is 4.45. The van der Waals surface area contributed by atoms with Crippen LogP contribution in [0, 0.1) is 5.92 Å². The molecule has 0 N–H and O–H groups in total. The van der Waals surface area contributed by atoms with Crippen molar-refractivity contribution < 1.29 is 0 Å². The fourth-order valence-corrected chi connectivity index (χ4v) is 1.88. The van der Waals surface area contributed by atoms with E-state index in [1.54, 1.807) is 0 Å². The van der Waals surface area contributed by atoms with Crippen molar-refractivity contribution in [2.45, 2.75) is 44.1 Å². The van der Waals surface area contributed by atoms with Crippen molar-refractivity contribution >= 4 is 25.3 Å². The molecule has 0 aliphatic carbocycles. The average molecular weight is 178 g/mol. The maximum atomic E-state index is 4.35. The first-order valence-corrected chi connectivity index (χ1v) is 4.80. The Kier molecular flexibility index (Phi) is 4.87. The number of thiol groups is 2. The predicted molar refractivity (Wildman–Crippen MR) is 55.1 cm³/mol. The van der Waals surface area contributed by atoms with Crippen LogP contribution in [-0.2, 0) is 0 Å². The van der Waals surface area contributed by atoms with Crippen LogP contribution in [0.4, 0.5) is 0 Å². The molecule has 0 nitrogen and oxygen atoms in total. The highest BCUT2D eigenvalue weighted by atomic mass is 32.2. The largest absolute Gasteiger partial charge is 0.162 e. The van der Waals surface area contributed by atoms with Crippen molar-refractivity contribution in [3.8, 4) is 0 Å². The van der Waals surface area contributed by atoms with Gasteiger partial charge in [-0.3, -0.25) is 0 Å². The molecule has 2 heteroatoms. The fraction of sp³-hybridized carbons (Fsp3) is 1.00. The molecular weight excluding hydrogens is 160 g/mol. The van der Waals surface area contributed by atoms with Gasteiger partial charge in [0.2, 0.25) is 0 Å². The molecule has 0 heterocycles. The monoisotopic (exact) mass is 178 g/mol. The van der Waals surface area contributed by atoms with Gasteiger partial charge in [0.15, 0.2) is 0 Å². The standard InChI is InChI=1S/C8H18S2/c1-4-5-7(2)6-8(3,9)10/h7,9-10H,4-6H2,1-3H3. The van der Waals surface area contributed by atoms with Crippen LogP contribution in [0.5, 0.6) is 0 Å². The quantitative estimate of drug-likeness (QED) is 0.478. The van der Waals surface area contributed by atoms with Crippen molar-refractivity contribution in [1.82, 2.24) is 0 Å². The second-order valence-corrected chi connectivity index (χ2v) is 5.64. The van der Waals surface area contributed by atoms with Crippen LogP contribution in [0.15, 0.2) is 0 Å². The predicted octanol–water partition coefficient (Wildman–Crippen LogP) is 3.39. The lowest BCUT2D eigenvalue weighted by molar-refractivity contribution is 0.476. The van der Waals surface area contributed by atoms with Crippen LogP contribution < -0.4 is 0 Å². The summed E-state index contributed by atoms with van der Waals surface area (Å²) in [7, 11) is 0. The van der Waals surface area contributed by atoms with Gasteiger partial charge in [-0.05, 0) is 19.3 Å². The van der Waals surface area contributed by atoms with Gasteiger partial charge in [-0.15, -0.1) is 0 Å². The second kappa shape index (κ2) is 4.55. The fourth-order valence-electron chi connectivity index (χ4n) is 1.25. The summed E-state index contributed by atoms with van der Waals surface area (Å²) in [5.41, 5.74) is 0. The van der Waals surface area contributed by atoms with Gasteiger partial charge in [-0.1, -0.05) is 26.7 Å². The van der Waals surface area contributed by atoms with E-state index in [0.717, 1.165) is 12.3 Å². The van der Waals surface area contributed by atoms with Crippen LogP contribution in [0.2, 0.25) is 0 Å². The zero-order valence-corrected chi connectivity index (χ0v) is 8.88. The minimum absolute atomic E-state index is 0.0887. The molecule has 0 rings (SSSR count). The van der Waals surface area contributed by atoms with E-state index in [1.165, 1.54) is 12.8 Å². The van der Waals surface area contributed by atoms with Crippen molar-refractivity contribution in [1.29, 1.82) is 0 Å². The summed E-state index contributed by atoms with van der Waals surface area (Å²) < 4.78 is -0.0887. The van der Waals surface area contributed by atoms with E-state index >= 15 is 0 Å². The van der Waals surface area contributed by atoms with Crippen molar-refractivity contribution in [3.63, 3.8) is 0 Å². The highest BCUT2D eigenvalue weighted by Gasteiger charge is 2.15. The lowest BCUT2D eigenvalue weighted by Gasteiger charge is -2.20. The lowest BCUT2D eigenvalue weighted by Crippen LogP contribution is -2.11.